The van der Waals surface area contributed by atoms with Gasteiger partial charge in [0.05, 0.1) is 6.61 Å². The summed E-state index contributed by atoms with van der Waals surface area (Å²) in [5, 5.41) is 39.4. The summed E-state index contributed by atoms with van der Waals surface area (Å²) < 4.78 is 11.3. The molecule has 28 heavy (non-hydrogen) atoms. The van der Waals surface area contributed by atoms with Gasteiger partial charge in [0.2, 0.25) is 6.29 Å². The highest BCUT2D eigenvalue weighted by molar-refractivity contribution is 5.38. The highest BCUT2D eigenvalue weighted by atomic mass is 16.7. The topological polar surface area (TPSA) is 99.4 Å². The number of ether oxygens (including phenoxy) is 2. The summed E-state index contributed by atoms with van der Waals surface area (Å²) in [6, 6.07) is 15.8. The largest absolute Gasteiger partial charge is 0.462 e. The van der Waals surface area contributed by atoms with Gasteiger partial charge >= 0.3 is 0 Å². The molecule has 0 spiro atoms. The van der Waals surface area contributed by atoms with E-state index in [1.54, 1.807) is 6.07 Å². The zero-order valence-corrected chi connectivity index (χ0v) is 16.1. The Kier molecular flexibility index (Phi) is 6.69. The van der Waals surface area contributed by atoms with Gasteiger partial charge in [0.1, 0.15) is 30.2 Å². The minimum Gasteiger partial charge on any atom is -0.462 e. The van der Waals surface area contributed by atoms with Gasteiger partial charge in [-0.1, -0.05) is 56.3 Å². The van der Waals surface area contributed by atoms with Crippen molar-refractivity contribution in [2.24, 2.45) is 0 Å². The van der Waals surface area contributed by atoms with Crippen molar-refractivity contribution >= 4 is 0 Å². The van der Waals surface area contributed by atoms with Crippen molar-refractivity contribution in [1.82, 2.24) is 0 Å². The first-order valence-corrected chi connectivity index (χ1v) is 9.54. The molecule has 0 amide bonds. The molecule has 1 fully saturated rings. The number of para-hydroxylation sites is 1. The van der Waals surface area contributed by atoms with Gasteiger partial charge in [-0.15, -0.1) is 0 Å². The van der Waals surface area contributed by atoms with E-state index in [4.69, 9.17) is 9.47 Å². The lowest BCUT2D eigenvalue weighted by atomic mass is 9.98. The molecule has 3 rings (SSSR count). The van der Waals surface area contributed by atoms with Crippen LogP contribution in [0.1, 0.15) is 36.5 Å². The third-order valence-electron chi connectivity index (χ3n) is 5.11. The summed E-state index contributed by atoms with van der Waals surface area (Å²) in [5.41, 5.74) is 3.29. The van der Waals surface area contributed by atoms with Crippen LogP contribution in [0.15, 0.2) is 48.5 Å². The SMILES string of the molecule is CC(C)c1ccc(Cc2ccccc2O[C@@H]2O[C@H](CO)[C@@H](O)[C@H](O)[C@H]2O)cc1. The molecular formula is C22H28O6. The lowest BCUT2D eigenvalue weighted by Gasteiger charge is -2.39. The third kappa shape index (κ3) is 4.54. The quantitative estimate of drug-likeness (QED) is 0.600. The Bertz CT molecular complexity index is 758. The lowest BCUT2D eigenvalue weighted by Crippen LogP contribution is -2.60. The highest BCUT2D eigenvalue weighted by Gasteiger charge is 2.44. The second-order valence-electron chi connectivity index (χ2n) is 7.50. The van der Waals surface area contributed by atoms with Gasteiger partial charge in [-0.2, -0.15) is 0 Å². The molecule has 1 aliphatic heterocycles. The van der Waals surface area contributed by atoms with Crippen molar-refractivity contribution in [2.75, 3.05) is 6.61 Å². The maximum atomic E-state index is 10.2. The molecule has 0 aliphatic carbocycles. The third-order valence-corrected chi connectivity index (χ3v) is 5.11. The summed E-state index contributed by atoms with van der Waals surface area (Å²) in [6.45, 7) is 3.81. The van der Waals surface area contributed by atoms with E-state index in [1.807, 2.05) is 18.2 Å². The van der Waals surface area contributed by atoms with Crippen LogP contribution in [0.5, 0.6) is 5.75 Å². The molecule has 6 heteroatoms. The van der Waals surface area contributed by atoms with Crippen molar-refractivity contribution in [3.8, 4) is 5.75 Å². The minimum absolute atomic E-state index is 0.468. The van der Waals surface area contributed by atoms with E-state index in [-0.39, 0.29) is 0 Å². The molecule has 5 atom stereocenters. The fraction of sp³-hybridized carbons (Fsp3) is 0.455. The van der Waals surface area contributed by atoms with Crippen molar-refractivity contribution in [3.63, 3.8) is 0 Å². The maximum absolute atomic E-state index is 10.2. The number of hydrogen-bond acceptors (Lipinski definition) is 6. The van der Waals surface area contributed by atoms with Crippen molar-refractivity contribution < 1.29 is 29.9 Å². The normalized spacial score (nSPS) is 27.8. The molecule has 1 aliphatic rings. The van der Waals surface area contributed by atoms with Crippen molar-refractivity contribution in [2.45, 2.75) is 56.9 Å². The van der Waals surface area contributed by atoms with Crippen LogP contribution in [0.3, 0.4) is 0 Å². The van der Waals surface area contributed by atoms with Crippen LogP contribution >= 0.6 is 0 Å². The van der Waals surface area contributed by atoms with Crippen LogP contribution < -0.4 is 4.74 Å². The molecule has 0 unspecified atom stereocenters. The molecule has 2 aromatic carbocycles. The second-order valence-corrected chi connectivity index (χ2v) is 7.50. The Balaban J connectivity index is 1.76. The predicted molar refractivity (Wildman–Crippen MR) is 104 cm³/mol. The molecule has 2 aromatic rings. The fourth-order valence-electron chi connectivity index (χ4n) is 3.30. The first-order valence-electron chi connectivity index (χ1n) is 9.54. The highest BCUT2D eigenvalue weighted by Crippen LogP contribution is 2.28. The molecule has 1 saturated heterocycles. The Labute approximate surface area is 165 Å². The van der Waals surface area contributed by atoms with Crippen molar-refractivity contribution in [1.29, 1.82) is 0 Å². The molecule has 0 radical (unpaired) electrons. The first kappa shape index (κ1) is 20.8. The first-order chi connectivity index (χ1) is 13.4. The summed E-state index contributed by atoms with van der Waals surface area (Å²) in [5.74, 6) is 0.982. The molecule has 0 bridgehead atoms. The van der Waals surface area contributed by atoms with Gasteiger partial charge in [-0.05, 0) is 28.7 Å². The molecule has 4 N–H and O–H groups in total. The smallest absolute Gasteiger partial charge is 0.229 e. The standard InChI is InChI=1S/C22H28O6/c1-13(2)15-9-7-14(8-10-15)11-16-5-3-4-6-17(16)27-22-21(26)20(25)19(24)18(12-23)28-22/h3-10,13,18-26H,11-12H2,1-2H3/t18-,19-,20+,21-,22-/m1/s1. The van der Waals surface area contributed by atoms with E-state index >= 15 is 0 Å². The van der Waals surface area contributed by atoms with Crippen LogP contribution in [0.25, 0.3) is 0 Å². The number of rotatable bonds is 6. The zero-order chi connectivity index (χ0) is 20.3. The fourth-order valence-corrected chi connectivity index (χ4v) is 3.30. The summed E-state index contributed by atoms with van der Waals surface area (Å²) in [7, 11) is 0. The molecule has 0 aromatic heterocycles. The maximum Gasteiger partial charge on any atom is 0.229 e. The molecule has 0 saturated carbocycles. The molecule has 152 valence electrons. The van der Waals surface area contributed by atoms with Gasteiger partial charge < -0.3 is 29.9 Å². The minimum atomic E-state index is -1.47. The van der Waals surface area contributed by atoms with Crippen molar-refractivity contribution in [3.05, 3.63) is 65.2 Å². The lowest BCUT2D eigenvalue weighted by molar-refractivity contribution is -0.277. The average Bonchev–Trinajstić information content (AvgIpc) is 2.70. The summed E-state index contributed by atoms with van der Waals surface area (Å²) in [4.78, 5) is 0. The van der Waals surface area contributed by atoms with Gasteiger partial charge in [0.25, 0.3) is 0 Å². The van der Waals surface area contributed by atoms with E-state index in [9.17, 15) is 20.4 Å². The Morgan fingerprint density at radius 2 is 1.61 bits per heavy atom. The van der Waals surface area contributed by atoms with Gasteiger partial charge in [0, 0.05) is 6.42 Å². The average molecular weight is 388 g/mol. The number of hydrogen-bond donors (Lipinski definition) is 4. The van der Waals surface area contributed by atoms with Crippen LogP contribution in [-0.2, 0) is 11.2 Å². The Hall–Kier alpha value is -1.96. The predicted octanol–water partition coefficient (Wildman–Crippen LogP) is 1.58. The van der Waals surface area contributed by atoms with E-state index in [0.717, 1.165) is 11.1 Å². The Morgan fingerprint density at radius 3 is 2.25 bits per heavy atom. The molecule has 6 nitrogen and oxygen atoms in total. The number of aliphatic hydroxyl groups is 4. The van der Waals surface area contributed by atoms with Gasteiger partial charge in [0.15, 0.2) is 0 Å². The van der Waals surface area contributed by atoms with Gasteiger partial charge in [-0.25, -0.2) is 0 Å². The van der Waals surface area contributed by atoms with Crippen LogP contribution in [0.4, 0.5) is 0 Å². The second kappa shape index (κ2) is 9.03. The van der Waals surface area contributed by atoms with Crippen LogP contribution in [-0.4, -0.2) is 57.7 Å². The molecular weight excluding hydrogens is 360 g/mol. The monoisotopic (exact) mass is 388 g/mol. The zero-order valence-electron chi connectivity index (χ0n) is 16.1. The molecule has 1 heterocycles. The van der Waals surface area contributed by atoms with Gasteiger partial charge in [-0.3, -0.25) is 0 Å². The van der Waals surface area contributed by atoms with Crippen LogP contribution in [0.2, 0.25) is 0 Å². The number of benzene rings is 2. The van der Waals surface area contributed by atoms with E-state index < -0.39 is 37.3 Å². The number of aliphatic hydroxyl groups excluding tert-OH is 4. The summed E-state index contributed by atoms with van der Waals surface area (Å²) >= 11 is 0. The van der Waals surface area contributed by atoms with E-state index in [2.05, 4.69) is 38.1 Å². The van der Waals surface area contributed by atoms with E-state index in [0.29, 0.717) is 18.1 Å². The van der Waals surface area contributed by atoms with Crippen LogP contribution in [0, 0.1) is 0 Å². The Morgan fingerprint density at radius 1 is 0.929 bits per heavy atom. The van der Waals surface area contributed by atoms with E-state index in [1.165, 1.54) is 5.56 Å². The summed E-state index contributed by atoms with van der Waals surface area (Å²) in [6.07, 6.45) is -5.87.